The Morgan fingerprint density at radius 3 is 2.00 bits per heavy atom. The number of hydrogen-bond acceptors (Lipinski definition) is 3. The normalized spacial score (nSPS) is 12.8. The van der Waals surface area contributed by atoms with Crippen LogP contribution in [-0.4, -0.2) is 19.6 Å². The van der Waals surface area contributed by atoms with E-state index in [4.69, 9.17) is 9.29 Å². The molecular weight excluding hydrogens is 400 g/mol. The fourth-order valence-electron chi connectivity index (χ4n) is 2.67. The van der Waals surface area contributed by atoms with Gasteiger partial charge in [0.1, 0.15) is 5.75 Å². The van der Waals surface area contributed by atoms with Crippen molar-refractivity contribution in [2.24, 2.45) is 0 Å². The third-order valence-corrected chi connectivity index (χ3v) is 5.35. The van der Waals surface area contributed by atoms with E-state index in [1.165, 1.54) is 0 Å². The summed E-state index contributed by atoms with van der Waals surface area (Å²) in [6.07, 6.45) is 0.577. The van der Waals surface area contributed by atoms with Crippen molar-refractivity contribution in [3.05, 3.63) is 58.7 Å². The molecule has 0 saturated carbocycles. The van der Waals surface area contributed by atoms with E-state index in [1.54, 1.807) is 12.1 Å². The average Bonchev–Trinajstić information content (AvgIpc) is 2.64. The molecule has 154 valence electrons. The molecule has 0 aliphatic carbocycles. The quantitative estimate of drug-likeness (QED) is 0.282. The van der Waals surface area contributed by atoms with Crippen molar-refractivity contribution in [3.8, 4) is 5.75 Å². The lowest BCUT2D eigenvalue weighted by Crippen LogP contribution is -2.13. The van der Waals surface area contributed by atoms with Gasteiger partial charge in [-0.1, -0.05) is 26.0 Å². The van der Waals surface area contributed by atoms with E-state index in [-0.39, 0.29) is 13.0 Å². The van der Waals surface area contributed by atoms with E-state index in [9.17, 15) is 26.0 Å². The molecule has 0 heterocycles. The predicted molar refractivity (Wildman–Crippen MR) is 95.1 cm³/mol. The van der Waals surface area contributed by atoms with Crippen molar-refractivity contribution in [3.63, 3.8) is 0 Å². The molecule has 4 nitrogen and oxygen atoms in total. The topological polar surface area (TPSA) is 63.6 Å². The highest BCUT2D eigenvalue weighted by atomic mass is 32.2. The third-order valence-electron chi connectivity index (χ3n) is 4.47. The van der Waals surface area contributed by atoms with Crippen molar-refractivity contribution in [1.29, 1.82) is 0 Å². The summed E-state index contributed by atoms with van der Waals surface area (Å²) in [5.41, 5.74) is 0.196. The summed E-state index contributed by atoms with van der Waals surface area (Å²) in [5, 5.41) is 0. The van der Waals surface area contributed by atoms with Crippen LogP contribution in [0.15, 0.2) is 29.2 Å². The monoisotopic (exact) mass is 420 g/mol. The molecule has 1 atom stereocenters. The van der Waals surface area contributed by atoms with Gasteiger partial charge in [0.15, 0.2) is 28.2 Å². The molecule has 0 spiro atoms. The zero-order valence-electron chi connectivity index (χ0n) is 15.3. The highest BCUT2D eigenvalue weighted by Crippen LogP contribution is 2.28. The minimum atomic E-state index is -5.45. The van der Waals surface area contributed by atoms with Gasteiger partial charge in [-0.3, -0.25) is 4.55 Å². The lowest BCUT2D eigenvalue weighted by atomic mass is 9.99. The molecule has 0 amide bonds. The lowest BCUT2D eigenvalue weighted by molar-refractivity contribution is 0.307. The van der Waals surface area contributed by atoms with Crippen molar-refractivity contribution >= 4 is 10.1 Å². The molecule has 2 aromatic carbocycles. The molecule has 1 unspecified atom stereocenters. The number of hydrogen-bond donors (Lipinski definition) is 1. The van der Waals surface area contributed by atoms with Gasteiger partial charge in [-0.05, 0) is 42.9 Å². The lowest BCUT2D eigenvalue weighted by Gasteiger charge is -2.12. The van der Waals surface area contributed by atoms with Crippen LogP contribution in [0.5, 0.6) is 5.75 Å². The van der Waals surface area contributed by atoms with Crippen LogP contribution in [-0.2, 0) is 16.5 Å². The van der Waals surface area contributed by atoms with Gasteiger partial charge in [-0.15, -0.1) is 0 Å². The Morgan fingerprint density at radius 1 is 1.00 bits per heavy atom. The van der Waals surface area contributed by atoms with Crippen LogP contribution in [0.4, 0.5) is 17.6 Å². The summed E-state index contributed by atoms with van der Waals surface area (Å²) in [6, 6.07) is 7.31. The molecular formula is C19H20F4O4S. The molecule has 0 aromatic heterocycles. The summed E-state index contributed by atoms with van der Waals surface area (Å²) in [7, 11) is -5.45. The molecule has 9 heteroatoms. The molecule has 0 aliphatic rings. The van der Waals surface area contributed by atoms with Crippen LogP contribution in [0.25, 0.3) is 0 Å². The van der Waals surface area contributed by atoms with E-state index >= 15 is 0 Å². The highest BCUT2D eigenvalue weighted by Gasteiger charge is 2.31. The molecule has 0 radical (unpaired) electrons. The van der Waals surface area contributed by atoms with Crippen LogP contribution in [0, 0.1) is 23.3 Å². The fourth-order valence-corrected chi connectivity index (χ4v) is 3.30. The van der Waals surface area contributed by atoms with Crippen LogP contribution in [0.1, 0.15) is 43.7 Å². The van der Waals surface area contributed by atoms with Crippen LogP contribution >= 0.6 is 0 Å². The van der Waals surface area contributed by atoms with Crippen molar-refractivity contribution in [1.82, 2.24) is 0 Å². The van der Waals surface area contributed by atoms with Gasteiger partial charge in [0.25, 0.3) is 0 Å². The highest BCUT2D eigenvalue weighted by molar-refractivity contribution is 7.85. The Balaban J connectivity index is 2.06. The first-order valence-corrected chi connectivity index (χ1v) is 10.1. The summed E-state index contributed by atoms with van der Waals surface area (Å²) < 4.78 is 91.4. The molecule has 0 fully saturated rings. The Labute approximate surface area is 160 Å². The maximum absolute atomic E-state index is 13.9. The molecule has 0 bridgehead atoms. The second-order valence-electron chi connectivity index (χ2n) is 6.37. The van der Waals surface area contributed by atoms with Gasteiger partial charge in [0, 0.05) is 5.56 Å². The molecule has 0 saturated heterocycles. The Morgan fingerprint density at radius 2 is 1.54 bits per heavy atom. The van der Waals surface area contributed by atoms with Crippen LogP contribution < -0.4 is 4.74 Å². The van der Waals surface area contributed by atoms with E-state index in [1.807, 2.05) is 12.1 Å². The zero-order valence-corrected chi connectivity index (χ0v) is 16.1. The minimum absolute atomic E-state index is 0.0187. The molecule has 2 rings (SSSR count). The number of ether oxygens (including phenoxy) is 1. The van der Waals surface area contributed by atoms with E-state index < -0.39 is 50.3 Å². The number of rotatable bonds is 8. The van der Waals surface area contributed by atoms with Gasteiger partial charge >= 0.3 is 10.1 Å². The summed E-state index contributed by atoms with van der Waals surface area (Å²) in [4.78, 5) is -2.04. The van der Waals surface area contributed by atoms with Crippen molar-refractivity contribution in [2.75, 3.05) is 6.61 Å². The Kier molecular flexibility index (Phi) is 7.06. The Bertz CT molecular complexity index is 914. The van der Waals surface area contributed by atoms with Gasteiger partial charge in [-0.2, -0.15) is 8.42 Å². The first-order chi connectivity index (χ1) is 13.1. The SMILES string of the molecule is CCC(C)c1ccc(OCCCc2c(F)c(F)c(S(=O)(=O)O)c(F)c2F)cc1. The van der Waals surface area contributed by atoms with E-state index in [0.717, 1.165) is 12.0 Å². The summed E-state index contributed by atoms with van der Waals surface area (Å²) in [6.45, 7) is 4.18. The molecule has 28 heavy (non-hydrogen) atoms. The summed E-state index contributed by atoms with van der Waals surface area (Å²) >= 11 is 0. The smallest absolute Gasteiger partial charge is 0.300 e. The average molecular weight is 420 g/mol. The van der Waals surface area contributed by atoms with Crippen LogP contribution in [0.2, 0.25) is 0 Å². The van der Waals surface area contributed by atoms with E-state index in [0.29, 0.717) is 11.7 Å². The van der Waals surface area contributed by atoms with Gasteiger partial charge in [0.05, 0.1) is 6.61 Å². The standard InChI is InChI=1S/C19H20F4O4S/c1-3-11(2)12-6-8-13(9-7-12)27-10-4-5-14-15(20)17(22)19(28(24,25)26)18(23)16(14)21/h6-9,11H,3-5,10H2,1-2H3,(H,24,25,26). The first-order valence-electron chi connectivity index (χ1n) is 8.63. The maximum Gasteiger partial charge on any atom is 0.300 e. The van der Waals surface area contributed by atoms with Gasteiger partial charge in [-0.25, -0.2) is 17.6 Å². The van der Waals surface area contributed by atoms with Crippen molar-refractivity contribution in [2.45, 2.75) is 43.9 Å². The third kappa shape index (κ3) is 4.82. The fraction of sp³-hybridized carbons (Fsp3) is 0.368. The predicted octanol–water partition coefficient (Wildman–Crippen LogP) is 5.01. The largest absolute Gasteiger partial charge is 0.494 e. The zero-order chi connectivity index (χ0) is 21.1. The van der Waals surface area contributed by atoms with Crippen LogP contribution in [0.3, 0.4) is 0 Å². The minimum Gasteiger partial charge on any atom is -0.494 e. The Hall–Kier alpha value is -2.13. The van der Waals surface area contributed by atoms with Gasteiger partial charge in [0.2, 0.25) is 0 Å². The second kappa shape index (κ2) is 8.91. The maximum atomic E-state index is 13.9. The molecule has 1 N–H and O–H groups in total. The van der Waals surface area contributed by atoms with Crippen molar-refractivity contribution < 1.29 is 35.3 Å². The van der Waals surface area contributed by atoms with E-state index in [2.05, 4.69) is 13.8 Å². The first kappa shape index (κ1) is 22.2. The molecule has 0 aliphatic heterocycles. The van der Waals surface area contributed by atoms with Gasteiger partial charge < -0.3 is 4.74 Å². The number of benzene rings is 2. The number of halogens is 4. The summed E-state index contributed by atoms with van der Waals surface area (Å²) in [5.74, 6) is -7.09. The molecule has 2 aromatic rings. The second-order valence-corrected chi connectivity index (χ2v) is 7.73.